The van der Waals surface area contributed by atoms with Crippen molar-refractivity contribution in [2.75, 3.05) is 38.8 Å². The van der Waals surface area contributed by atoms with Crippen LogP contribution in [-0.4, -0.2) is 71.5 Å². The van der Waals surface area contributed by atoms with Gasteiger partial charge in [0.15, 0.2) is 11.5 Å². The Morgan fingerprint density at radius 3 is 2.77 bits per heavy atom. The van der Waals surface area contributed by atoms with Gasteiger partial charge in [-0.1, -0.05) is 12.1 Å². The molecule has 0 aliphatic carbocycles. The third kappa shape index (κ3) is 3.18. The third-order valence-corrected chi connectivity index (χ3v) is 7.39. The largest absolute Gasteiger partial charge is 0.377 e. The maximum absolute atomic E-state index is 13.0. The van der Waals surface area contributed by atoms with Crippen molar-refractivity contribution in [1.29, 1.82) is 0 Å². The van der Waals surface area contributed by atoms with Crippen molar-refractivity contribution in [1.82, 2.24) is 23.2 Å². The number of aromatic nitrogens is 4. The van der Waals surface area contributed by atoms with Crippen molar-refractivity contribution in [3.63, 3.8) is 0 Å². The summed E-state index contributed by atoms with van der Waals surface area (Å²) in [5, 5.41) is 1.68. The fraction of sp³-hybridized carbons (Fsp3) is 0.333. The molecule has 31 heavy (non-hydrogen) atoms. The van der Waals surface area contributed by atoms with Crippen LogP contribution in [0.4, 0.5) is 5.82 Å². The summed E-state index contributed by atoms with van der Waals surface area (Å²) in [6.07, 6.45) is 3.42. The molecule has 0 saturated carbocycles. The van der Waals surface area contributed by atoms with E-state index in [-0.39, 0.29) is 6.04 Å². The number of ether oxygens (including phenoxy) is 1. The minimum absolute atomic E-state index is 0.108. The van der Waals surface area contributed by atoms with E-state index in [1.807, 2.05) is 30.5 Å². The van der Waals surface area contributed by atoms with E-state index < -0.39 is 10.2 Å². The molecule has 0 spiro atoms. The highest BCUT2D eigenvalue weighted by Gasteiger charge is 2.27. The molecule has 0 bridgehead atoms. The van der Waals surface area contributed by atoms with E-state index in [1.165, 1.54) is 22.4 Å². The molecule has 1 aliphatic rings. The van der Waals surface area contributed by atoms with Gasteiger partial charge in [-0.05, 0) is 25.1 Å². The van der Waals surface area contributed by atoms with Crippen molar-refractivity contribution in [3.05, 3.63) is 42.7 Å². The van der Waals surface area contributed by atoms with Crippen LogP contribution < -0.4 is 4.90 Å². The van der Waals surface area contributed by atoms with Crippen LogP contribution in [0.2, 0.25) is 0 Å². The van der Waals surface area contributed by atoms with Gasteiger partial charge in [-0.2, -0.15) is 12.7 Å². The van der Waals surface area contributed by atoms with Crippen LogP contribution in [-0.2, 0) is 14.9 Å². The fourth-order valence-corrected chi connectivity index (χ4v) is 4.92. The van der Waals surface area contributed by atoms with Crippen molar-refractivity contribution >= 4 is 38.0 Å². The summed E-state index contributed by atoms with van der Waals surface area (Å²) >= 11 is 0. The number of aromatic amines is 1. The zero-order valence-corrected chi connectivity index (χ0v) is 18.4. The Kier molecular flexibility index (Phi) is 4.72. The van der Waals surface area contributed by atoms with E-state index in [1.54, 1.807) is 12.3 Å². The zero-order valence-electron chi connectivity index (χ0n) is 17.6. The Balaban J connectivity index is 1.81. The number of anilines is 1. The van der Waals surface area contributed by atoms with E-state index in [4.69, 9.17) is 14.7 Å². The van der Waals surface area contributed by atoms with Gasteiger partial charge in [-0.25, -0.2) is 13.9 Å². The molecule has 0 amide bonds. The third-order valence-electron chi connectivity index (χ3n) is 5.68. The fourth-order valence-electron chi connectivity index (χ4n) is 4.00. The molecular weight excluding hydrogens is 416 g/mol. The lowest BCUT2D eigenvalue weighted by Gasteiger charge is -2.34. The zero-order chi connectivity index (χ0) is 21.8. The van der Waals surface area contributed by atoms with E-state index in [0.29, 0.717) is 36.6 Å². The monoisotopic (exact) mass is 440 g/mol. The summed E-state index contributed by atoms with van der Waals surface area (Å²) in [6, 6.07) is 9.74. The molecule has 9 nitrogen and oxygen atoms in total. The second-order valence-electron chi connectivity index (χ2n) is 7.87. The summed E-state index contributed by atoms with van der Waals surface area (Å²) < 4.78 is 33.9. The molecule has 3 aromatic heterocycles. The average molecular weight is 441 g/mol. The normalized spacial score (nSPS) is 17.8. The molecule has 1 fully saturated rings. The summed E-state index contributed by atoms with van der Waals surface area (Å²) in [5.74, 6) is 1.20. The van der Waals surface area contributed by atoms with E-state index >= 15 is 0 Å². The molecule has 10 heteroatoms. The van der Waals surface area contributed by atoms with Crippen molar-refractivity contribution in [2.24, 2.45) is 0 Å². The molecule has 162 valence electrons. The Morgan fingerprint density at radius 1 is 1.16 bits per heavy atom. The van der Waals surface area contributed by atoms with E-state index in [9.17, 15) is 8.42 Å². The van der Waals surface area contributed by atoms with Gasteiger partial charge in [0, 0.05) is 49.5 Å². The predicted octanol–water partition coefficient (Wildman–Crippen LogP) is 2.46. The predicted molar refractivity (Wildman–Crippen MR) is 120 cm³/mol. The molecule has 1 aromatic carbocycles. The molecule has 1 atom stereocenters. The first kappa shape index (κ1) is 20.0. The number of H-pyrrole nitrogens is 1. The maximum Gasteiger partial charge on any atom is 0.308 e. The first-order chi connectivity index (χ1) is 14.9. The standard InChI is InChI=1S/C21H24N6O3S/c1-14-13-30-12-11-26(14)20-17-8-10-27(31(28,29)25(2)3)21(17)24-19(23-20)16-5-4-6-18-15(16)7-9-22-18/h4-10,14,22H,11-13H2,1-3H3/t14-/m1/s1. The molecule has 1 saturated heterocycles. The number of nitrogens with zero attached hydrogens (tertiary/aromatic N) is 5. The highest BCUT2D eigenvalue weighted by molar-refractivity contribution is 7.87. The van der Waals surface area contributed by atoms with Crippen molar-refractivity contribution in [3.8, 4) is 11.4 Å². The molecule has 4 heterocycles. The number of morpholine rings is 1. The van der Waals surface area contributed by atoms with E-state index in [2.05, 4.69) is 16.8 Å². The molecule has 4 aromatic rings. The quantitative estimate of drug-likeness (QED) is 0.524. The molecule has 0 radical (unpaired) electrons. The lowest BCUT2D eigenvalue weighted by atomic mass is 10.1. The number of benzene rings is 1. The van der Waals surface area contributed by atoms with Crippen LogP contribution in [0.15, 0.2) is 42.7 Å². The minimum Gasteiger partial charge on any atom is -0.377 e. The van der Waals surface area contributed by atoms with Crippen LogP contribution in [0.5, 0.6) is 0 Å². The average Bonchev–Trinajstić information content (AvgIpc) is 3.40. The van der Waals surface area contributed by atoms with Gasteiger partial charge in [-0.15, -0.1) is 0 Å². The van der Waals surface area contributed by atoms with Crippen LogP contribution in [0.25, 0.3) is 33.3 Å². The highest BCUT2D eigenvalue weighted by Crippen LogP contribution is 2.33. The van der Waals surface area contributed by atoms with Crippen LogP contribution >= 0.6 is 0 Å². The molecule has 0 unspecified atom stereocenters. The summed E-state index contributed by atoms with van der Waals surface area (Å²) in [7, 11) is -0.724. The van der Waals surface area contributed by atoms with E-state index in [0.717, 1.165) is 22.3 Å². The molecule has 1 aliphatic heterocycles. The topological polar surface area (TPSA) is 96.3 Å². The van der Waals surface area contributed by atoms with Gasteiger partial charge in [0.05, 0.1) is 24.6 Å². The smallest absolute Gasteiger partial charge is 0.308 e. The number of fused-ring (bicyclic) bond motifs is 2. The van der Waals surface area contributed by atoms with Crippen molar-refractivity contribution < 1.29 is 13.2 Å². The molecule has 1 N–H and O–H groups in total. The van der Waals surface area contributed by atoms with Crippen LogP contribution in [0.3, 0.4) is 0 Å². The van der Waals surface area contributed by atoms with Gasteiger partial charge in [0.1, 0.15) is 5.82 Å². The van der Waals surface area contributed by atoms with Gasteiger partial charge in [-0.3, -0.25) is 0 Å². The summed E-state index contributed by atoms with van der Waals surface area (Å²) in [6.45, 7) is 3.93. The Labute approximate surface area is 180 Å². The van der Waals surface area contributed by atoms with Gasteiger partial charge in [0.2, 0.25) is 0 Å². The second kappa shape index (κ2) is 7.33. The Hall–Kier alpha value is -2.95. The maximum atomic E-state index is 13.0. The lowest BCUT2D eigenvalue weighted by molar-refractivity contribution is 0.0987. The van der Waals surface area contributed by atoms with Gasteiger partial charge in [0.25, 0.3) is 0 Å². The van der Waals surface area contributed by atoms with Gasteiger partial charge < -0.3 is 14.6 Å². The first-order valence-electron chi connectivity index (χ1n) is 10.1. The summed E-state index contributed by atoms with van der Waals surface area (Å²) in [4.78, 5) is 15.1. The first-order valence-corrected chi connectivity index (χ1v) is 11.5. The number of nitrogens with one attached hydrogen (secondary N) is 1. The number of rotatable bonds is 4. The molecule has 5 rings (SSSR count). The van der Waals surface area contributed by atoms with Gasteiger partial charge >= 0.3 is 10.2 Å². The Morgan fingerprint density at radius 2 is 2.00 bits per heavy atom. The Bertz CT molecular complexity index is 1370. The van der Waals surface area contributed by atoms with Crippen molar-refractivity contribution in [2.45, 2.75) is 13.0 Å². The second-order valence-corrected chi connectivity index (χ2v) is 9.89. The number of hydrogen-bond donors (Lipinski definition) is 1. The van der Waals surface area contributed by atoms with Crippen LogP contribution in [0, 0.1) is 0 Å². The number of hydrogen-bond acceptors (Lipinski definition) is 6. The minimum atomic E-state index is -3.74. The lowest BCUT2D eigenvalue weighted by Crippen LogP contribution is -2.44. The highest BCUT2D eigenvalue weighted by atomic mass is 32.2. The molecular formula is C21H24N6O3S. The SMILES string of the molecule is C[C@@H]1COCCN1c1nc(-c2cccc3[nH]ccc23)nc2c1ccn2S(=O)(=O)N(C)C. The van der Waals surface area contributed by atoms with Crippen LogP contribution in [0.1, 0.15) is 6.92 Å². The summed E-state index contributed by atoms with van der Waals surface area (Å²) in [5.41, 5.74) is 2.18.